The van der Waals surface area contributed by atoms with E-state index < -0.39 is 5.95 Å². The molecule has 33 heavy (non-hydrogen) atoms. The lowest BCUT2D eigenvalue weighted by molar-refractivity contribution is -0.109. The highest BCUT2D eigenvalue weighted by atomic mass is 19.1. The standard InChI is InChI=1S/C23H21FN6O3/c1-29(11-9-25-32)20-14(8-12-31)13-17-15(20)5-4-6-16(17)22-27-23(33-28-22)19-21(24)30-10-3-2-7-18(30)26-19/h2-7,10,12,14,20H,8-9,11,13H2,1H3/t14-,20-/m1/s1. The Kier molecular flexibility index (Phi) is 5.51. The Bertz CT molecular complexity index is 1330. The van der Waals surface area contributed by atoms with Gasteiger partial charge in [0, 0.05) is 30.8 Å². The molecular weight excluding hydrogens is 427 g/mol. The van der Waals surface area contributed by atoms with Crippen molar-refractivity contribution >= 4 is 11.9 Å². The lowest BCUT2D eigenvalue weighted by atomic mass is 9.96. The minimum atomic E-state index is -0.574. The molecule has 0 aliphatic heterocycles. The quantitative estimate of drug-likeness (QED) is 0.299. The van der Waals surface area contributed by atoms with Gasteiger partial charge in [-0.1, -0.05) is 34.6 Å². The van der Waals surface area contributed by atoms with Crippen LogP contribution in [0.5, 0.6) is 0 Å². The van der Waals surface area contributed by atoms with E-state index >= 15 is 0 Å². The topological polar surface area (TPSA) is 106 Å². The van der Waals surface area contributed by atoms with Crippen molar-refractivity contribution in [1.29, 1.82) is 0 Å². The van der Waals surface area contributed by atoms with E-state index in [1.807, 2.05) is 25.2 Å². The lowest BCUT2D eigenvalue weighted by Gasteiger charge is -2.29. The third-order valence-electron chi connectivity index (χ3n) is 6.20. The van der Waals surface area contributed by atoms with E-state index in [9.17, 15) is 14.1 Å². The van der Waals surface area contributed by atoms with Crippen LogP contribution in [-0.4, -0.2) is 50.8 Å². The van der Waals surface area contributed by atoms with E-state index in [0.29, 0.717) is 30.9 Å². The highest BCUT2D eigenvalue weighted by Crippen LogP contribution is 2.44. The Morgan fingerprint density at radius 2 is 2.15 bits per heavy atom. The van der Waals surface area contributed by atoms with Gasteiger partial charge in [-0.05, 0) is 42.6 Å². The second-order valence-electron chi connectivity index (χ2n) is 8.12. The predicted octanol–water partition coefficient (Wildman–Crippen LogP) is 3.69. The molecular formula is C23H21FN6O3. The highest BCUT2D eigenvalue weighted by Gasteiger charge is 2.37. The van der Waals surface area contributed by atoms with Crippen molar-refractivity contribution in [2.45, 2.75) is 18.9 Å². The maximum atomic E-state index is 14.8. The van der Waals surface area contributed by atoms with E-state index in [2.05, 4.69) is 25.2 Å². The summed E-state index contributed by atoms with van der Waals surface area (Å²) in [5.74, 6) is -0.189. The van der Waals surface area contributed by atoms with Crippen molar-refractivity contribution < 1.29 is 13.7 Å². The average molecular weight is 448 g/mol. The molecule has 0 fully saturated rings. The zero-order chi connectivity index (χ0) is 22.9. The smallest absolute Gasteiger partial charge is 0.281 e. The van der Waals surface area contributed by atoms with Gasteiger partial charge in [-0.25, -0.2) is 4.98 Å². The van der Waals surface area contributed by atoms with Crippen molar-refractivity contribution in [3.8, 4) is 23.0 Å². The Labute approximate surface area is 188 Å². The summed E-state index contributed by atoms with van der Waals surface area (Å²) < 4.78 is 21.5. The van der Waals surface area contributed by atoms with Crippen LogP contribution in [0.15, 0.2) is 52.3 Å². The van der Waals surface area contributed by atoms with Crippen molar-refractivity contribution in [2.24, 2.45) is 11.1 Å². The Balaban J connectivity index is 1.53. The van der Waals surface area contributed by atoms with Crippen molar-refractivity contribution in [3.05, 3.63) is 64.6 Å². The fraction of sp³-hybridized carbons (Fsp3) is 0.304. The molecule has 1 aromatic carbocycles. The number of rotatable bonds is 8. The number of halogens is 1. The van der Waals surface area contributed by atoms with Crippen LogP contribution < -0.4 is 0 Å². The number of aldehydes is 1. The Hall–Kier alpha value is -3.79. The number of nitrogens with zero attached hydrogens (tertiary/aromatic N) is 6. The third-order valence-corrected chi connectivity index (χ3v) is 6.20. The van der Waals surface area contributed by atoms with Crippen molar-refractivity contribution in [1.82, 2.24) is 24.4 Å². The molecule has 1 aliphatic carbocycles. The molecule has 3 heterocycles. The molecule has 0 radical (unpaired) electrons. The van der Waals surface area contributed by atoms with Crippen LogP contribution in [0.1, 0.15) is 23.6 Å². The zero-order valence-corrected chi connectivity index (χ0v) is 17.9. The summed E-state index contributed by atoms with van der Waals surface area (Å²) in [5, 5.41) is 7.06. The molecule has 2 atom stereocenters. The van der Waals surface area contributed by atoms with E-state index in [-0.39, 0.29) is 30.1 Å². The predicted molar refractivity (Wildman–Crippen MR) is 118 cm³/mol. The summed E-state index contributed by atoms with van der Waals surface area (Å²) in [6.07, 6.45) is 3.54. The molecule has 0 spiro atoms. The summed E-state index contributed by atoms with van der Waals surface area (Å²) >= 11 is 0. The number of likely N-dealkylation sites (N-methyl/N-ethyl adjacent to an activating group) is 1. The van der Waals surface area contributed by atoms with Gasteiger partial charge in [-0.3, -0.25) is 9.30 Å². The van der Waals surface area contributed by atoms with Crippen LogP contribution in [0.4, 0.5) is 4.39 Å². The molecule has 0 amide bonds. The van der Waals surface area contributed by atoms with E-state index in [1.54, 1.807) is 24.4 Å². The van der Waals surface area contributed by atoms with Gasteiger partial charge < -0.3 is 9.32 Å². The first kappa shape index (κ1) is 21.1. The molecule has 1 aliphatic rings. The number of fused-ring (bicyclic) bond motifs is 2. The van der Waals surface area contributed by atoms with Gasteiger partial charge in [0.2, 0.25) is 11.8 Å². The normalized spacial score (nSPS) is 17.5. The lowest BCUT2D eigenvalue weighted by Crippen LogP contribution is -2.30. The molecule has 168 valence electrons. The molecule has 0 saturated carbocycles. The summed E-state index contributed by atoms with van der Waals surface area (Å²) in [6, 6.07) is 10.9. The molecule has 0 unspecified atom stereocenters. The molecule has 3 aromatic heterocycles. The number of hydrogen-bond donors (Lipinski definition) is 0. The number of carbonyl (C=O) groups excluding carboxylic acids is 1. The van der Waals surface area contributed by atoms with Crippen LogP contribution in [-0.2, 0) is 11.2 Å². The summed E-state index contributed by atoms with van der Waals surface area (Å²) in [4.78, 5) is 32.7. The van der Waals surface area contributed by atoms with Gasteiger partial charge in [0.25, 0.3) is 5.89 Å². The van der Waals surface area contributed by atoms with E-state index in [4.69, 9.17) is 4.52 Å². The SMILES string of the molecule is CN(CCN=O)[C@H]1c2cccc(-c3noc(-c4nc5ccccn5c4F)n3)c2C[C@H]1CC=O. The zero-order valence-electron chi connectivity index (χ0n) is 17.9. The second-order valence-corrected chi connectivity index (χ2v) is 8.12. The minimum absolute atomic E-state index is 0.00281. The van der Waals surface area contributed by atoms with Crippen LogP contribution in [0.3, 0.4) is 0 Å². The number of benzene rings is 1. The molecule has 0 N–H and O–H groups in total. The molecule has 5 rings (SSSR count). The first-order chi connectivity index (χ1) is 16.1. The molecule has 10 heteroatoms. The van der Waals surface area contributed by atoms with Crippen molar-refractivity contribution in [3.63, 3.8) is 0 Å². The summed E-state index contributed by atoms with van der Waals surface area (Å²) in [5.41, 5.74) is 3.27. The largest absolute Gasteiger partial charge is 0.332 e. The number of pyridine rings is 1. The van der Waals surface area contributed by atoms with Gasteiger partial charge in [-0.15, -0.1) is 0 Å². The first-order valence-corrected chi connectivity index (χ1v) is 10.6. The Morgan fingerprint density at radius 1 is 1.27 bits per heavy atom. The first-order valence-electron chi connectivity index (χ1n) is 10.6. The maximum absolute atomic E-state index is 14.8. The number of carbonyl (C=O) groups is 1. The second kappa shape index (κ2) is 8.62. The third kappa shape index (κ3) is 3.62. The van der Waals surface area contributed by atoms with Crippen molar-refractivity contribution in [2.75, 3.05) is 20.1 Å². The van der Waals surface area contributed by atoms with E-state index in [0.717, 1.165) is 23.0 Å². The number of hydrogen-bond acceptors (Lipinski definition) is 8. The molecule has 0 bridgehead atoms. The fourth-order valence-electron chi connectivity index (χ4n) is 4.75. The number of aromatic nitrogens is 4. The van der Waals surface area contributed by atoms with Gasteiger partial charge >= 0.3 is 0 Å². The number of imidazole rings is 1. The van der Waals surface area contributed by atoms with Crippen LogP contribution in [0.25, 0.3) is 28.6 Å². The van der Waals surface area contributed by atoms with Gasteiger partial charge in [-0.2, -0.15) is 14.3 Å². The van der Waals surface area contributed by atoms with Crippen LogP contribution >= 0.6 is 0 Å². The number of nitroso groups, excluding NO2 is 1. The minimum Gasteiger partial charge on any atom is -0.332 e. The highest BCUT2D eigenvalue weighted by molar-refractivity contribution is 5.66. The van der Waals surface area contributed by atoms with Gasteiger partial charge in [0.15, 0.2) is 5.69 Å². The maximum Gasteiger partial charge on any atom is 0.281 e. The summed E-state index contributed by atoms with van der Waals surface area (Å²) in [6.45, 7) is 0.668. The molecule has 9 nitrogen and oxygen atoms in total. The van der Waals surface area contributed by atoms with Crippen LogP contribution in [0, 0.1) is 16.8 Å². The Morgan fingerprint density at radius 3 is 2.94 bits per heavy atom. The van der Waals surface area contributed by atoms with Crippen LogP contribution in [0.2, 0.25) is 0 Å². The van der Waals surface area contributed by atoms with Gasteiger partial charge in [0.05, 0.1) is 6.54 Å². The monoisotopic (exact) mass is 448 g/mol. The molecule has 0 saturated heterocycles. The van der Waals surface area contributed by atoms with E-state index in [1.165, 1.54) is 4.40 Å². The summed E-state index contributed by atoms with van der Waals surface area (Å²) in [7, 11) is 1.92. The fourth-order valence-corrected chi connectivity index (χ4v) is 4.75. The van der Waals surface area contributed by atoms with Gasteiger partial charge in [0.1, 0.15) is 11.9 Å². The molecule has 4 aromatic rings. The average Bonchev–Trinajstić information content (AvgIpc) is 3.53.